The Balaban J connectivity index is 1.60. The lowest BCUT2D eigenvalue weighted by atomic mass is 9.89. The van der Waals surface area contributed by atoms with E-state index in [1.54, 1.807) is 6.92 Å². The zero-order valence-electron chi connectivity index (χ0n) is 15.5. The van der Waals surface area contributed by atoms with E-state index in [0.717, 1.165) is 23.3 Å². The van der Waals surface area contributed by atoms with Crippen LogP contribution in [-0.4, -0.2) is 41.9 Å². The van der Waals surface area contributed by atoms with Gasteiger partial charge in [0, 0.05) is 12.2 Å². The van der Waals surface area contributed by atoms with Crippen LogP contribution in [0.2, 0.25) is 0 Å². The van der Waals surface area contributed by atoms with E-state index in [4.69, 9.17) is 0 Å². The Bertz CT molecular complexity index is 680. The van der Waals surface area contributed by atoms with Crippen molar-refractivity contribution in [2.45, 2.75) is 52.0 Å². The van der Waals surface area contributed by atoms with Crippen molar-refractivity contribution < 1.29 is 14.4 Å². The predicted molar refractivity (Wildman–Crippen MR) is 99.8 cm³/mol. The summed E-state index contributed by atoms with van der Waals surface area (Å²) >= 11 is 0. The number of hydrogen-bond acceptors (Lipinski definition) is 3. The van der Waals surface area contributed by atoms with Gasteiger partial charge in [-0.3, -0.25) is 19.4 Å². The van der Waals surface area contributed by atoms with Crippen LogP contribution < -0.4 is 10.2 Å². The zero-order chi connectivity index (χ0) is 18.7. The van der Waals surface area contributed by atoms with Crippen molar-refractivity contribution in [2.75, 3.05) is 18.0 Å². The van der Waals surface area contributed by atoms with Crippen LogP contribution >= 0.6 is 0 Å². The standard InChI is InChI=1S/C20H27N3O3/c1-14-8-10-17(11-9-14)23-15(2)19(25)22(20(23)26)13-18(24)21-12-16-6-4-3-5-7-16/h8-11,15-16H,3-7,12-13H2,1-2H3,(H,21,24). The van der Waals surface area contributed by atoms with Crippen LogP contribution in [0.25, 0.3) is 0 Å². The number of carbonyl (C=O) groups excluding carboxylic acids is 3. The zero-order valence-corrected chi connectivity index (χ0v) is 15.5. The molecule has 1 aliphatic heterocycles. The van der Waals surface area contributed by atoms with Gasteiger partial charge in [0.2, 0.25) is 5.91 Å². The molecule has 1 heterocycles. The summed E-state index contributed by atoms with van der Waals surface area (Å²) in [6.45, 7) is 4.08. The lowest BCUT2D eigenvalue weighted by Crippen LogP contribution is -2.42. The summed E-state index contributed by atoms with van der Waals surface area (Å²) in [5, 5.41) is 2.89. The van der Waals surface area contributed by atoms with Crippen molar-refractivity contribution in [1.29, 1.82) is 0 Å². The van der Waals surface area contributed by atoms with Gasteiger partial charge in [-0.05, 0) is 44.7 Å². The molecule has 0 aromatic heterocycles. The normalized spacial score (nSPS) is 21.4. The van der Waals surface area contributed by atoms with Crippen molar-refractivity contribution in [3.8, 4) is 0 Å². The van der Waals surface area contributed by atoms with E-state index in [2.05, 4.69) is 5.32 Å². The molecule has 1 aliphatic carbocycles. The number of hydrogen-bond donors (Lipinski definition) is 1. The average molecular weight is 357 g/mol. The van der Waals surface area contributed by atoms with Crippen molar-refractivity contribution in [2.24, 2.45) is 5.92 Å². The van der Waals surface area contributed by atoms with Crippen molar-refractivity contribution in [3.05, 3.63) is 29.8 Å². The number of carbonyl (C=O) groups is 3. The minimum absolute atomic E-state index is 0.211. The molecule has 140 valence electrons. The average Bonchev–Trinajstić information content (AvgIpc) is 2.85. The highest BCUT2D eigenvalue weighted by Gasteiger charge is 2.44. The Morgan fingerprint density at radius 3 is 2.42 bits per heavy atom. The molecule has 1 N–H and O–H groups in total. The van der Waals surface area contributed by atoms with E-state index in [9.17, 15) is 14.4 Å². The van der Waals surface area contributed by atoms with Crippen LogP contribution in [0.15, 0.2) is 24.3 Å². The molecule has 6 nitrogen and oxygen atoms in total. The Kier molecular flexibility index (Phi) is 5.59. The number of benzene rings is 1. The first-order valence-corrected chi connectivity index (χ1v) is 9.45. The second kappa shape index (κ2) is 7.89. The van der Waals surface area contributed by atoms with Gasteiger partial charge in [-0.1, -0.05) is 37.0 Å². The largest absolute Gasteiger partial charge is 0.354 e. The fourth-order valence-electron chi connectivity index (χ4n) is 3.76. The fraction of sp³-hybridized carbons (Fsp3) is 0.550. The summed E-state index contributed by atoms with van der Waals surface area (Å²) in [7, 11) is 0. The highest BCUT2D eigenvalue weighted by atomic mass is 16.2. The third-order valence-corrected chi connectivity index (χ3v) is 5.37. The molecule has 26 heavy (non-hydrogen) atoms. The predicted octanol–water partition coefficient (Wildman–Crippen LogP) is 2.85. The molecule has 1 aromatic carbocycles. The summed E-state index contributed by atoms with van der Waals surface area (Å²) < 4.78 is 0. The molecule has 2 fully saturated rings. The monoisotopic (exact) mass is 357 g/mol. The second-order valence-corrected chi connectivity index (χ2v) is 7.40. The molecule has 2 aliphatic rings. The quantitative estimate of drug-likeness (QED) is 0.824. The lowest BCUT2D eigenvalue weighted by molar-refractivity contribution is -0.131. The summed E-state index contributed by atoms with van der Waals surface area (Å²) in [5.41, 5.74) is 1.75. The fourth-order valence-corrected chi connectivity index (χ4v) is 3.76. The third kappa shape index (κ3) is 3.89. The molecule has 3 rings (SSSR count). The van der Waals surface area contributed by atoms with Crippen LogP contribution in [0.5, 0.6) is 0 Å². The number of aryl methyl sites for hydroxylation is 1. The van der Waals surface area contributed by atoms with Gasteiger partial charge < -0.3 is 5.32 Å². The summed E-state index contributed by atoms with van der Waals surface area (Å²) in [6.07, 6.45) is 5.98. The summed E-state index contributed by atoms with van der Waals surface area (Å²) in [6, 6.07) is 6.42. The van der Waals surface area contributed by atoms with Gasteiger partial charge in [0.15, 0.2) is 0 Å². The molecule has 4 amide bonds. The molecule has 1 saturated heterocycles. The maximum Gasteiger partial charge on any atom is 0.332 e. The Hall–Kier alpha value is -2.37. The molecule has 0 radical (unpaired) electrons. The number of imide groups is 1. The first-order chi connectivity index (χ1) is 12.5. The summed E-state index contributed by atoms with van der Waals surface area (Å²) in [4.78, 5) is 40.0. The molecule has 1 atom stereocenters. The highest BCUT2D eigenvalue weighted by Crippen LogP contribution is 2.26. The maximum absolute atomic E-state index is 12.7. The minimum Gasteiger partial charge on any atom is -0.354 e. The first-order valence-electron chi connectivity index (χ1n) is 9.45. The highest BCUT2D eigenvalue weighted by molar-refractivity contribution is 6.15. The van der Waals surface area contributed by atoms with Crippen LogP contribution in [0, 0.1) is 12.8 Å². The van der Waals surface area contributed by atoms with E-state index in [0.29, 0.717) is 18.2 Å². The van der Waals surface area contributed by atoms with Gasteiger partial charge in [-0.2, -0.15) is 0 Å². The number of amides is 4. The second-order valence-electron chi connectivity index (χ2n) is 7.40. The molecule has 6 heteroatoms. The van der Waals surface area contributed by atoms with Crippen LogP contribution in [0.4, 0.5) is 10.5 Å². The van der Waals surface area contributed by atoms with Crippen LogP contribution in [0.3, 0.4) is 0 Å². The van der Waals surface area contributed by atoms with E-state index >= 15 is 0 Å². The van der Waals surface area contributed by atoms with Gasteiger partial charge in [0.1, 0.15) is 12.6 Å². The smallest absolute Gasteiger partial charge is 0.332 e. The van der Waals surface area contributed by atoms with E-state index in [1.807, 2.05) is 31.2 Å². The Labute approximate surface area is 154 Å². The lowest BCUT2D eigenvalue weighted by Gasteiger charge is -2.22. The molecular formula is C20H27N3O3. The Morgan fingerprint density at radius 2 is 1.77 bits per heavy atom. The van der Waals surface area contributed by atoms with E-state index < -0.39 is 12.1 Å². The number of nitrogens with one attached hydrogen (secondary N) is 1. The van der Waals surface area contributed by atoms with Gasteiger partial charge in [0.05, 0.1) is 0 Å². The van der Waals surface area contributed by atoms with Crippen molar-refractivity contribution in [3.63, 3.8) is 0 Å². The molecule has 1 aromatic rings. The number of anilines is 1. The first kappa shape index (κ1) is 18.4. The van der Waals surface area contributed by atoms with Gasteiger partial charge >= 0.3 is 6.03 Å². The summed E-state index contributed by atoms with van der Waals surface area (Å²) in [5.74, 6) is -0.0840. The van der Waals surface area contributed by atoms with Crippen molar-refractivity contribution in [1.82, 2.24) is 10.2 Å². The number of rotatable bonds is 5. The number of urea groups is 1. The molecule has 1 unspecified atom stereocenters. The van der Waals surface area contributed by atoms with Gasteiger partial charge in [-0.15, -0.1) is 0 Å². The minimum atomic E-state index is -0.601. The van der Waals surface area contributed by atoms with E-state index in [1.165, 1.54) is 24.2 Å². The molecule has 0 bridgehead atoms. The van der Waals surface area contributed by atoms with Gasteiger partial charge in [0.25, 0.3) is 5.91 Å². The molecular weight excluding hydrogens is 330 g/mol. The SMILES string of the molecule is Cc1ccc(N2C(=O)N(CC(=O)NCC3CCCCC3)C(=O)C2C)cc1. The molecule has 1 saturated carbocycles. The molecule has 0 spiro atoms. The number of nitrogens with zero attached hydrogens (tertiary/aromatic N) is 2. The van der Waals surface area contributed by atoms with Crippen LogP contribution in [-0.2, 0) is 9.59 Å². The Morgan fingerprint density at radius 1 is 1.12 bits per heavy atom. The van der Waals surface area contributed by atoms with E-state index in [-0.39, 0.29) is 18.4 Å². The van der Waals surface area contributed by atoms with Crippen molar-refractivity contribution >= 4 is 23.5 Å². The maximum atomic E-state index is 12.7. The third-order valence-electron chi connectivity index (χ3n) is 5.37. The van der Waals surface area contributed by atoms with Gasteiger partial charge in [-0.25, -0.2) is 4.79 Å². The topological polar surface area (TPSA) is 69.7 Å². The van der Waals surface area contributed by atoms with Crippen LogP contribution in [0.1, 0.15) is 44.6 Å².